The van der Waals surface area contributed by atoms with Gasteiger partial charge in [-0.15, -0.1) is 0 Å². The van der Waals surface area contributed by atoms with Gasteiger partial charge in [0.05, 0.1) is 18.1 Å². The lowest BCUT2D eigenvalue weighted by atomic mass is 9.94. The summed E-state index contributed by atoms with van der Waals surface area (Å²) in [4.78, 5) is 26.6. The van der Waals surface area contributed by atoms with Crippen molar-refractivity contribution < 1.29 is 14.3 Å². The number of benzene rings is 1. The van der Waals surface area contributed by atoms with Crippen molar-refractivity contribution in [2.75, 3.05) is 20.2 Å². The molecule has 0 unspecified atom stereocenters. The van der Waals surface area contributed by atoms with Crippen molar-refractivity contribution in [3.05, 3.63) is 35.9 Å². The van der Waals surface area contributed by atoms with Gasteiger partial charge in [-0.05, 0) is 24.8 Å². The molecule has 1 heterocycles. The van der Waals surface area contributed by atoms with E-state index in [-0.39, 0.29) is 29.9 Å². The number of carbonyl (C=O) groups is 2. The van der Waals surface area contributed by atoms with Crippen LogP contribution in [-0.2, 0) is 20.7 Å². The number of nitrogens with one attached hydrogen (secondary N) is 1. The van der Waals surface area contributed by atoms with Gasteiger partial charge in [-0.1, -0.05) is 44.2 Å². The van der Waals surface area contributed by atoms with Gasteiger partial charge in [0.15, 0.2) is 0 Å². The monoisotopic (exact) mass is 346 g/mol. The van der Waals surface area contributed by atoms with E-state index < -0.39 is 0 Å². The summed E-state index contributed by atoms with van der Waals surface area (Å²) in [7, 11) is 1.63. The van der Waals surface area contributed by atoms with E-state index in [9.17, 15) is 9.59 Å². The molecule has 0 saturated carbocycles. The van der Waals surface area contributed by atoms with E-state index in [0.29, 0.717) is 13.0 Å². The molecule has 0 spiro atoms. The standard InChI is InChI=1S/C20H30N2O3/c1-4-18(23)22-14-8-11-17(22)19(25-3)15(2)20(24)21-13-12-16-9-6-5-7-10-16/h5-7,9-10,15,17,19H,4,8,11-14H2,1-3H3,(H,21,24)/t15-,17+,19-/m1/s1. The third-order valence-corrected chi connectivity index (χ3v) is 5.04. The second-order valence-corrected chi connectivity index (χ2v) is 6.67. The van der Waals surface area contributed by atoms with Gasteiger partial charge in [0.1, 0.15) is 0 Å². The van der Waals surface area contributed by atoms with E-state index in [1.165, 1.54) is 5.56 Å². The Bertz CT molecular complexity index is 561. The molecule has 0 radical (unpaired) electrons. The van der Waals surface area contributed by atoms with Crippen LogP contribution in [0.5, 0.6) is 0 Å². The van der Waals surface area contributed by atoms with Crippen molar-refractivity contribution >= 4 is 11.8 Å². The van der Waals surface area contributed by atoms with Crippen LogP contribution >= 0.6 is 0 Å². The predicted octanol–water partition coefficient (Wildman–Crippen LogP) is 2.40. The molecule has 3 atom stereocenters. The summed E-state index contributed by atoms with van der Waals surface area (Å²) in [5.74, 6) is -0.171. The first-order valence-electron chi connectivity index (χ1n) is 9.22. The molecule has 138 valence electrons. The molecular formula is C20H30N2O3. The molecule has 0 aromatic heterocycles. The molecule has 1 saturated heterocycles. The van der Waals surface area contributed by atoms with Crippen LogP contribution in [0.15, 0.2) is 30.3 Å². The second kappa shape index (κ2) is 9.56. The van der Waals surface area contributed by atoms with Crippen LogP contribution in [0, 0.1) is 5.92 Å². The quantitative estimate of drug-likeness (QED) is 0.786. The van der Waals surface area contributed by atoms with Crippen LogP contribution in [0.1, 0.15) is 38.7 Å². The molecule has 1 aliphatic rings. The van der Waals surface area contributed by atoms with E-state index in [1.54, 1.807) is 7.11 Å². The van der Waals surface area contributed by atoms with E-state index in [2.05, 4.69) is 17.4 Å². The van der Waals surface area contributed by atoms with Crippen molar-refractivity contribution in [2.24, 2.45) is 5.92 Å². The van der Waals surface area contributed by atoms with E-state index in [4.69, 9.17) is 4.74 Å². The van der Waals surface area contributed by atoms with Crippen LogP contribution in [-0.4, -0.2) is 49.1 Å². The Labute approximate surface area is 150 Å². The Morgan fingerprint density at radius 3 is 2.68 bits per heavy atom. The molecule has 2 rings (SSSR count). The highest BCUT2D eigenvalue weighted by molar-refractivity contribution is 5.80. The lowest BCUT2D eigenvalue weighted by Gasteiger charge is -2.33. The third-order valence-electron chi connectivity index (χ3n) is 5.04. The van der Waals surface area contributed by atoms with Gasteiger partial charge >= 0.3 is 0 Å². The Hall–Kier alpha value is -1.88. The van der Waals surface area contributed by atoms with Gasteiger partial charge in [0.2, 0.25) is 11.8 Å². The number of ether oxygens (including phenoxy) is 1. The largest absolute Gasteiger partial charge is 0.378 e. The van der Waals surface area contributed by atoms with Crippen molar-refractivity contribution in [3.63, 3.8) is 0 Å². The minimum Gasteiger partial charge on any atom is -0.378 e. The van der Waals surface area contributed by atoms with E-state index >= 15 is 0 Å². The summed E-state index contributed by atoms with van der Waals surface area (Å²) in [5, 5.41) is 3.00. The molecular weight excluding hydrogens is 316 g/mol. The zero-order chi connectivity index (χ0) is 18.2. The molecule has 0 aliphatic carbocycles. The summed E-state index contributed by atoms with van der Waals surface area (Å²) in [6, 6.07) is 10.1. The fourth-order valence-electron chi connectivity index (χ4n) is 3.63. The number of nitrogens with zero attached hydrogens (tertiary/aromatic N) is 1. The number of hydrogen-bond acceptors (Lipinski definition) is 3. The zero-order valence-corrected chi connectivity index (χ0v) is 15.5. The smallest absolute Gasteiger partial charge is 0.225 e. The fraction of sp³-hybridized carbons (Fsp3) is 0.600. The number of hydrogen-bond donors (Lipinski definition) is 1. The summed E-state index contributed by atoms with van der Waals surface area (Å²) < 4.78 is 5.65. The molecule has 5 nitrogen and oxygen atoms in total. The minimum atomic E-state index is -0.295. The normalized spacial score (nSPS) is 19.5. The van der Waals surface area contributed by atoms with Crippen molar-refractivity contribution in [2.45, 2.75) is 51.7 Å². The van der Waals surface area contributed by atoms with E-state index in [1.807, 2.05) is 36.9 Å². The Morgan fingerprint density at radius 2 is 2.04 bits per heavy atom. The first-order chi connectivity index (χ1) is 12.1. The second-order valence-electron chi connectivity index (χ2n) is 6.67. The number of amides is 2. The Balaban J connectivity index is 1.90. The number of likely N-dealkylation sites (tertiary alicyclic amines) is 1. The highest BCUT2D eigenvalue weighted by Gasteiger charge is 2.39. The van der Waals surface area contributed by atoms with Crippen LogP contribution in [0.2, 0.25) is 0 Å². The zero-order valence-electron chi connectivity index (χ0n) is 15.5. The van der Waals surface area contributed by atoms with Gasteiger partial charge < -0.3 is 15.0 Å². The van der Waals surface area contributed by atoms with Gasteiger partial charge in [0, 0.05) is 26.6 Å². The lowest BCUT2D eigenvalue weighted by molar-refractivity contribution is -0.139. The third kappa shape index (κ3) is 5.05. The Kier molecular flexibility index (Phi) is 7.44. The summed E-state index contributed by atoms with van der Waals surface area (Å²) >= 11 is 0. The molecule has 25 heavy (non-hydrogen) atoms. The molecule has 2 amide bonds. The highest BCUT2D eigenvalue weighted by atomic mass is 16.5. The fourth-order valence-corrected chi connectivity index (χ4v) is 3.63. The Morgan fingerprint density at radius 1 is 1.32 bits per heavy atom. The first-order valence-corrected chi connectivity index (χ1v) is 9.22. The molecule has 5 heteroatoms. The van der Waals surface area contributed by atoms with Gasteiger partial charge in [0.25, 0.3) is 0 Å². The summed E-state index contributed by atoms with van der Waals surface area (Å²) in [6.45, 7) is 5.13. The van der Waals surface area contributed by atoms with Gasteiger partial charge in [-0.25, -0.2) is 0 Å². The average molecular weight is 346 g/mol. The molecule has 1 aliphatic heterocycles. The van der Waals surface area contributed by atoms with Crippen molar-refractivity contribution in [1.82, 2.24) is 10.2 Å². The average Bonchev–Trinajstić information content (AvgIpc) is 3.11. The van der Waals surface area contributed by atoms with Crippen molar-refractivity contribution in [3.8, 4) is 0 Å². The number of carbonyl (C=O) groups excluding carboxylic acids is 2. The molecule has 0 bridgehead atoms. The number of rotatable bonds is 8. The van der Waals surface area contributed by atoms with Crippen molar-refractivity contribution in [1.29, 1.82) is 0 Å². The lowest BCUT2D eigenvalue weighted by Crippen LogP contribution is -2.49. The maximum atomic E-state index is 12.5. The molecule has 1 aromatic carbocycles. The summed E-state index contributed by atoms with van der Waals surface area (Å²) in [6.07, 6.45) is 2.89. The predicted molar refractivity (Wildman–Crippen MR) is 98.1 cm³/mol. The number of methoxy groups -OCH3 is 1. The maximum absolute atomic E-state index is 12.5. The van der Waals surface area contributed by atoms with Crippen LogP contribution < -0.4 is 5.32 Å². The summed E-state index contributed by atoms with van der Waals surface area (Å²) in [5.41, 5.74) is 1.20. The van der Waals surface area contributed by atoms with E-state index in [0.717, 1.165) is 25.8 Å². The van der Waals surface area contributed by atoms with Gasteiger partial charge in [-0.2, -0.15) is 0 Å². The SMILES string of the molecule is CCC(=O)N1CCC[C@H]1[C@H](OC)[C@@H](C)C(=O)NCCc1ccccc1. The molecule has 1 N–H and O–H groups in total. The van der Waals surface area contributed by atoms with Crippen LogP contribution in [0.25, 0.3) is 0 Å². The molecule has 1 aromatic rings. The first kappa shape index (κ1) is 19.4. The topological polar surface area (TPSA) is 58.6 Å². The van der Waals surface area contributed by atoms with Crippen LogP contribution in [0.4, 0.5) is 0 Å². The van der Waals surface area contributed by atoms with Gasteiger partial charge in [-0.3, -0.25) is 9.59 Å². The molecule has 1 fully saturated rings. The van der Waals surface area contributed by atoms with Crippen LogP contribution in [0.3, 0.4) is 0 Å². The maximum Gasteiger partial charge on any atom is 0.225 e. The minimum absolute atomic E-state index is 0.00711. The highest BCUT2D eigenvalue weighted by Crippen LogP contribution is 2.26.